The van der Waals surface area contributed by atoms with E-state index in [1.807, 2.05) is 21.1 Å². The third kappa shape index (κ3) is 41.4. The van der Waals surface area contributed by atoms with Crippen LogP contribution in [0.2, 0.25) is 0 Å². The summed E-state index contributed by atoms with van der Waals surface area (Å²) in [5.41, 5.74) is 0. The second kappa shape index (κ2) is 37.5. The maximum Gasteiger partial charge on any atom is 0.306 e. The van der Waals surface area contributed by atoms with Gasteiger partial charge in [0.1, 0.15) is 19.8 Å². The molecule has 0 rings (SSSR count). The smallest absolute Gasteiger partial charge is 0.306 e. The monoisotopic (exact) mass is 796 g/mol. The topological polar surface area (TPSA) is 111 Å². The molecule has 0 fully saturated rings. The molecule has 9 nitrogen and oxygen atoms in total. The Bertz CT molecular complexity index is 1080. The molecule has 0 aliphatic heterocycles. The number of hydrogen-bond acceptors (Lipinski definition) is 8. The molecular weight excluding hydrogens is 713 g/mol. The van der Waals surface area contributed by atoms with E-state index in [-0.39, 0.29) is 26.1 Å². The minimum absolute atomic E-state index is 0.0381. The summed E-state index contributed by atoms with van der Waals surface area (Å²) in [7, 11) is 1.14. The van der Waals surface area contributed by atoms with Crippen molar-refractivity contribution >= 4 is 19.8 Å². The number of ether oxygens (including phenoxy) is 2. The third-order valence-corrected chi connectivity index (χ3v) is 10.0. The first kappa shape index (κ1) is 53.0. The average Bonchev–Trinajstić information content (AvgIpc) is 3.13. The number of rotatable bonds is 39. The Hall–Kier alpha value is -2.03. The molecule has 0 heterocycles. The van der Waals surface area contributed by atoms with Crippen molar-refractivity contribution in [3.05, 3.63) is 48.6 Å². The van der Waals surface area contributed by atoms with E-state index in [2.05, 4.69) is 62.5 Å². The first-order valence-corrected chi connectivity index (χ1v) is 23.3. The van der Waals surface area contributed by atoms with E-state index in [0.29, 0.717) is 23.9 Å². The normalized spacial score (nSPS) is 14.1. The van der Waals surface area contributed by atoms with Crippen molar-refractivity contribution in [2.24, 2.45) is 0 Å². The number of phosphoric ester groups is 1. The van der Waals surface area contributed by atoms with Crippen LogP contribution in [0.4, 0.5) is 0 Å². The highest BCUT2D eigenvalue weighted by molar-refractivity contribution is 7.45. The molecule has 0 aromatic heterocycles. The lowest BCUT2D eigenvalue weighted by molar-refractivity contribution is -0.870. The van der Waals surface area contributed by atoms with Gasteiger partial charge in [0.2, 0.25) is 0 Å². The molecule has 0 aliphatic rings. The lowest BCUT2D eigenvalue weighted by atomic mass is 10.1. The summed E-state index contributed by atoms with van der Waals surface area (Å²) in [6, 6.07) is 0. The van der Waals surface area contributed by atoms with Crippen LogP contribution >= 0.6 is 7.82 Å². The number of carbonyl (C=O) groups excluding carboxylic acids is 2. The molecule has 0 saturated heterocycles. The Labute approximate surface area is 337 Å². The fourth-order valence-corrected chi connectivity index (χ4v) is 6.32. The summed E-state index contributed by atoms with van der Waals surface area (Å²) in [5.74, 6) is -0.872. The molecule has 0 amide bonds. The highest BCUT2D eigenvalue weighted by atomic mass is 31.2. The van der Waals surface area contributed by atoms with Crippen LogP contribution in [0.1, 0.15) is 174 Å². The van der Waals surface area contributed by atoms with Gasteiger partial charge in [-0.25, -0.2) is 0 Å². The number of phosphoric acid groups is 1. The fraction of sp³-hybridized carbons (Fsp3) is 0.778. The van der Waals surface area contributed by atoms with Gasteiger partial charge in [0.05, 0.1) is 27.7 Å². The second-order valence-electron chi connectivity index (χ2n) is 15.7. The van der Waals surface area contributed by atoms with Gasteiger partial charge in [0.25, 0.3) is 7.82 Å². The van der Waals surface area contributed by atoms with Crippen molar-refractivity contribution in [1.82, 2.24) is 0 Å². The lowest BCUT2D eigenvalue weighted by Crippen LogP contribution is -2.37. The number of unbranched alkanes of at least 4 members (excludes halogenated alkanes) is 17. The third-order valence-electron chi connectivity index (χ3n) is 9.07. The van der Waals surface area contributed by atoms with E-state index in [1.54, 1.807) is 0 Å². The summed E-state index contributed by atoms with van der Waals surface area (Å²) in [5, 5.41) is 0. The zero-order valence-electron chi connectivity index (χ0n) is 35.9. The second-order valence-corrected chi connectivity index (χ2v) is 17.1. The van der Waals surface area contributed by atoms with Crippen molar-refractivity contribution in [2.45, 2.75) is 180 Å². The SMILES string of the molecule is CCCCC/C=C\C/C=C\C/C=C\CCCCCCC(=O)O[C@H](COC(=O)CCCCCCC/C=C\CCCCCCC)COP(=O)([O-])OCC[N+](C)(C)C. The van der Waals surface area contributed by atoms with E-state index < -0.39 is 32.5 Å². The maximum absolute atomic E-state index is 12.7. The molecule has 0 saturated carbocycles. The Kier molecular flexibility index (Phi) is 36.2. The van der Waals surface area contributed by atoms with Crippen molar-refractivity contribution in [1.29, 1.82) is 0 Å². The summed E-state index contributed by atoms with van der Waals surface area (Å²) in [6.07, 6.45) is 42.7. The van der Waals surface area contributed by atoms with Gasteiger partial charge in [-0.1, -0.05) is 133 Å². The molecule has 55 heavy (non-hydrogen) atoms. The molecule has 0 spiro atoms. The van der Waals surface area contributed by atoms with Crippen LogP contribution in [0.3, 0.4) is 0 Å². The minimum atomic E-state index is -4.63. The summed E-state index contributed by atoms with van der Waals surface area (Å²) < 4.78 is 33.8. The molecule has 0 aliphatic carbocycles. The quantitative estimate of drug-likeness (QED) is 0.0199. The van der Waals surface area contributed by atoms with E-state index in [4.69, 9.17) is 18.5 Å². The Morgan fingerprint density at radius 1 is 0.564 bits per heavy atom. The van der Waals surface area contributed by atoms with E-state index in [1.165, 1.54) is 64.2 Å². The van der Waals surface area contributed by atoms with Crippen LogP contribution in [-0.2, 0) is 32.7 Å². The molecule has 10 heteroatoms. The lowest BCUT2D eigenvalue weighted by Gasteiger charge is -2.28. The summed E-state index contributed by atoms with van der Waals surface area (Å²) in [6.45, 7) is 4.14. The largest absolute Gasteiger partial charge is 0.756 e. The van der Waals surface area contributed by atoms with Crippen LogP contribution < -0.4 is 4.89 Å². The van der Waals surface area contributed by atoms with Gasteiger partial charge in [0.15, 0.2) is 6.10 Å². The molecule has 320 valence electrons. The Morgan fingerprint density at radius 3 is 1.51 bits per heavy atom. The summed E-state index contributed by atoms with van der Waals surface area (Å²) in [4.78, 5) is 37.5. The molecular formula is C45H82NO8P. The van der Waals surface area contributed by atoms with Gasteiger partial charge in [-0.3, -0.25) is 14.2 Å². The number of allylic oxidation sites excluding steroid dienone is 8. The highest BCUT2D eigenvalue weighted by Crippen LogP contribution is 2.38. The number of likely N-dealkylation sites (N-methyl/N-ethyl adjacent to an activating group) is 1. The van der Waals surface area contributed by atoms with Crippen molar-refractivity contribution in [2.75, 3.05) is 47.5 Å². The molecule has 0 N–H and O–H groups in total. The maximum atomic E-state index is 12.7. The Balaban J connectivity index is 4.43. The number of esters is 2. The number of carbonyl (C=O) groups is 2. The van der Waals surface area contributed by atoms with Crippen LogP contribution in [0, 0.1) is 0 Å². The van der Waals surface area contributed by atoms with Crippen LogP contribution in [-0.4, -0.2) is 70.0 Å². The van der Waals surface area contributed by atoms with Gasteiger partial charge < -0.3 is 27.9 Å². The van der Waals surface area contributed by atoms with Crippen LogP contribution in [0.5, 0.6) is 0 Å². The zero-order chi connectivity index (χ0) is 40.7. The molecule has 0 aromatic rings. The Morgan fingerprint density at radius 2 is 0.982 bits per heavy atom. The zero-order valence-corrected chi connectivity index (χ0v) is 36.8. The first-order chi connectivity index (χ1) is 26.5. The number of hydrogen-bond donors (Lipinski definition) is 0. The standard InChI is InChI=1S/C45H82NO8P/c1-6-8-10-12-14-16-18-20-22-23-24-26-28-30-32-34-36-38-45(48)54-43(42-53-55(49,50)52-40-39-46(3,4)5)41-51-44(47)37-35-33-31-29-27-25-21-19-17-15-13-11-9-7-2/h14,16,19-22,24,26,43H,6-13,15,17-18,23,25,27-42H2,1-5H3/b16-14-,21-19-,22-20-,26-24-/t43-/m1/s1. The molecule has 0 radical (unpaired) electrons. The van der Waals surface area contributed by atoms with Gasteiger partial charge in [-0.15, -0.1) is 0 Å². The molecule has 0 bridgehead atoms. The first-order valence-electron chi connectivity index (χ1n) is 21.8. The summed E-state index contributed by atoms with van der Waals surface area (Å²) >= 11 is 0. The number of nitrogens with zero attached hydrogens (tertiary/aromatic N) is 1. The van der Waals surface area contributed by atoms with Crippen LogP contribution in [0.15, 0.2) is 48.6 Å². The van der Waals surface area contributed by atoms with E-state index >= 15 is 0 Å². The molecule has 2 atom stereocenters. The highest BCUT2D eigenvalue weighted by Gasteiger charge is 2.21. The van der Waals surface area contributed by atoms with Crippen molar-refractivity contribution in [3.8, 4) is 0 Å². The molecule has 0 aromatic carbocycles. The van der Waals surface area contributed by atoms with Gasteiger partial charge in [-0.2, -0.15) is 0 Å². The van der Waals surface area contributed by atoms with Crippen LogP contribution in [0.25, 0.3) is 0 Å². The van der Waals surface area contributed by atoms with Crippen molar-refractivity contribution in [3.63, 3.8) is 0 Å². The predicted molar refractivity (Wildman–Crippen MR) is 227 cm³/mol. The van der Waals surface area contributed by atoms with E-state index in [0.717, 1.165) is 70.6 Å². The fourth-order valence-electron chi connectivity index (χ4n) is 5.60. The average molecular weight is 796 g/mol. The predicted octanol–water partition coefficient (Wildman–Crippen LogP) is 11.7. The van der Waals surface area contributed by atoms with Crippen molar-refractivity contribution < 1.29 is 42.1 Å². The number of quaternary nitrogens is 1. The minimum Gasteiger partial charge on any atom is -0.756 e. The van der Waals surface area contributed by atoms with Gasteiger partial charge in [-0.05, 0) is 77.0 Å². The van der Waals surface area contributed by atoms with Gasteiger partial charge in [0, 0.05) is 12.8 Å². The molecule has 1 unspecified atom stereocenters. The van der Waals surface area contributed by atoms with E-state index in [9.17, 15) is 19.0 Å². The van der Waals surface area contributed by atoms with Gasteiger partial charge >= 0.3 is 11.9 Å².